The minimum atomic E-state index is -3.00. The van der Waals surface area contributed by atoms with Gasteiger partial charge in [-0.2, -0.15) is 0 Å². The highest BCUT2D eigenvalue weighted by molar-refractivity contribution is 7.89. The largest absolute Gasteiger partial charge is 0.383 e. The number of guanidine groups is 1. The number of nitrogens with zero attached hydrogens (tertiary/aromatic N) is 2. The second-order valence-electron chi connectivity index (χ2n) is 3.99. The monoisotopic (exact) mass is 278 g/mol. The molecule has 1 fully saturated rings. The molecular weight excluding hydrogens is 256 g/mol. The maximum Gasteiger partial charge on any atom is 0.214 e. The summed E-state index contributed by atoms with van der Waals surface area (Å²) in [6, 6.07) is 0. The van der Waals surface area contributed by atoms with Gasteiger partial charge >= 0.3 is 0 Å². The van der Waals surface area contributed by atoms with Crippen molar-refractivity contribution in [3.8, 4) is 0 Å². The topological polar surface area (TPSA) is 83.0 Å². The number of methoxy groups -OCH3 is 1. The first-order chi connectivity index (χ1) is 8.60. The fraction of sp³-hybridized carbons (Fsp3) is 0.900. The molecule has 0 aliphatic carbocycles. The molecule has 106 valence electrons. The summed E-state index contributed by atoms with van der Waals surface area (Å²) in [6.07, 6.45) is 0.725. The van der Waals surface area contributed by atoms with E-state index in [4.69, 9.17) is 4.74 Å². The van der Waals surface area contributed by atoms with Gasteiger partial charge in [-0.05, 0) is 6.42 Å². The molecule has 0 saturated carbocycles. The molecule has 0 unspecified atom stereocenters. The lowest BCUT2D eigenvalue weighted by Gasteiger charge is -2.16. The van der Waals surface area contributed by atoms with Crippen LogP contribution in [0.5, 0.6) is 0 Å². The summed E-state index contributed by atoms with van der Waals surface area (Å²) in [4.78, 5) is 4.03. The van der Waals surface area contributed by atoms with Crippen LogP contribution in [0.3, 0.4) is 0 Å². The smallest absolute Gasteiger partial charge is 0.214 e. The fourth-order valence-corrected chi connectivity index (χ4v) is 3.26. The molecule has 7 nitrogen and oxygen atoms in total. The number of nitrogens with one attached hydrogen (secondary N) is 2. The lowest BCUT2D eigenvalue weighted by molar-refractivity contribution is 0.203. The van der Waals surface area contributed by atoms with Crippen molar-refractivity contribution in [2.75, 3.05) is 52.7 Å². The first-order valence-electron chi connectivity index (χ1n) is 6.01. The average Bonchev–Trinajstić information content (AvgIpc) is 2.67. The molecule has 1 saturated heterocycles. The van der Waals surface area contributed by atoms with E-state index in [0.29, 0.717) is 38.7 Å². The summed E-state index contributed by atoms with van der Waals surface area (Å²) >= 11 is 0. The van der Waals surface area contributed by atoms with Crippen molar-refractivity contribution in [1.29, 1.82) is 0 Å². The van der Waals surface area contributed by atoms with Crippen LogP contribution in [-0.4, -0.2) is 71.4 Å². The first kappa shape index (κ1) is 15.2. The number of ether oxygens (including phenoxy) is 1. The van der Waals surface area contributed by atoms with E-state index in [9.17, 15) is 8.42 Å². The predicted octanol–water partition coefficient (Wildman–Crippen LogP) is -1.17. The minimum absolute atomic E-state index is 0.272. The Balaban J connectivity index is 2.23. The number of hydrogen-bond acceptors (Lipinski definition) is 4. The SMILES string of the molecule is CN=C(NCCOC)NCCN1CCCS1(=O)=O. The highest BCUT2D eigenvalue weighted by Crippen LogP contribution is 2.11. The van der Waals surface area contributed by atoms with E-state index in [1.807, 2.05) is 0 Å². The molecule has 0 radical (unpaired) electrons. The van der Waals surface area contributed by atoms with Crippen molar-refractivity contribution in [3.05, 3.63) is 0 Å². The number of sulfonamides is 1. The molecule has 1 rings (SSSR count). The number of rotatable bonds is 6. The summed E-state index contributed by atoms with van der Waals surface area (Å²) in [5, 5.41) is 6.13. The van der Waals surface area contributed by atoms with Crippen LogP contribution in [0.2, 0.25) is 0 Å². The maximum absolute atomic E-state index is 11.6. The van der Waals surface area contributed by atoms with Crippen LogP contribution in [0.1, 0.15) is 6.42 Å². The summed E-state index contributed by atoms with van der Waals surface area (Å²) in [7, 11) is 0.311. The second-order valence-corrected chi connectivity index (χ2v) is 6.08. The predicted molar refractivity (Wildman–Crippen MR) is 71.2 cm³/mol. The Hall–Kier alpha value is -0.860. The van der Waals surface area contributed by atoms with Crippen molar-refractivity contribution >= 4 is 16.0 Å². The van der Waals surface area contributed by atoms with Crippen LogP contribution < -0.4 is 10.6 Å². The molecule has 1 aliphatic heterocycles. The molecule has 8 heteroatoms. The van der Waals surface area contributed by atoms with Crippen LogP contribution in [0, 0.1) is 0 Å². The van der Waals surface area contributed by atoms with E-state index >= 15 is 0 Å². The van der Waals surface area contributed by atoms with E-state index in [0.717, 1.165) is 6.42 Å². The standard InChI is InChI=1S/C10H22N4O3S/c1-11-10(13-5-8-17-2)12-4-7-14-6-3-9-18(14,15)16/h3-9H2,1-2H3,(H2,11,12,13). The van der Waals surface area contributed by atoms with Gasteiger partial charge in [0.2, 0.25) is 10.0 Å². The first-order valence-corrected chi connectivity index (χ1v) is 7.62. The van der Waals surface area contributed by atoms with Gasteiger partial charge in [-0.1, -0.05) is 0 Å². The van der Waals surface area contributed by atoms with Gasteiger partial charge < -0.3 is 15.4 Å². The van der Waals surface area contributed by atoms with Gasteiger partial charge in [0.1, 0.15) is 0 Å². The quantitative estimate of drug-likeness (QED) is 0.363. The van der Waals surface area contributed by atoms with Gasteiger partial charge in [-0.25, -0.2) is 12.7 Å². The zero-order valence-electron chi connectivity index (χ0n) is 11.0. The van der Waals surface area contributed by atoms with Gasteiger partial charge in [-0.15, -0.1) is 0 Å². The number of aliphatic imine (C=N–C) groups is 1. The molecule has 0 amide bonds. The van der Waals surface area contributed by atoms with Crippen molar-refractivity contribution < 1.29 is 13.2 Å². The minimum Gasteiger partial charge on any atom is -0.383 e. The highest BCUT2D eigenvalue weighted by atomic mass is 32.2. The normalized spacial score (nSPS) is 20.0. The van der Waals surface area contributed by atoms with Gasteiger partial charge in [0.05, 0.1) is 12.4 Å². The van der Waals surface area contributed by atoms with Crippen LogP contribution in [0.4, 0.5) is 0 Å². The van der Waals surface area contributed by atoms with Crippen molar-refractivity contribution in [1.82, 2.24) is 14.9 Å². The Morgan fingerprint density at radius 1 is 1.39 bits per heavy atom. The molecule has 0 atom stereocenters. The van der Waals surface area contributed by atoms with Crippen molar-refractivity contribution in [2.24, 2.45) is 4.99 Å². The Bertz CT molecular complexity index is 369. The summed E-state index contributed by atoms with van der Waals surface area (Å²) in [5.41, 5.74) is 0. The van der Waals surface area contributed by atoms with Gasteiger partial charge in [0.15, 0.2) is 5.96 Å². The summed E-state index contributed by atoms with van der Waals surface area (Å²) < 4.78 is 29.5. The van der Waals surface area contributed by atoms with Crippen molar-refractivity contribution in [2.45, 2.75) is 6.42 Å². The molecular formula is C10H22N4O3S. The van der Waals surface area contributed by atoms with E-state index in [2.05, 4.69) is 15.6 Å². The van der Waals surface area contributed by atoms with Crippen LogP contribution in [0.15, 0.2) is 4.99 Å². The van der Waals surface area contributed by atoms with Crippen molar-refractivity contribution in [3.63, 3.8) is 0 Å². The van der Waals surface area contributed by atoms with Crippen LogP contribution in [0.25, 0.3) is 0 Å². The summed E-state index contributed by atoms with van der Waals surface area (Å²) in [6.45, 7) is 2.91. The number of hydrogen-bond donors (Lipinski definition) is 2. The molecule has 18 heavy (non-hydrogen) atoms. The van der Waals surface area contributed by atoms with E-state index in [-0.39, 0.29) is 5.75 Å². The second kappa shape index (κ2) is 7.55. The zero-order chi connectivity index (χ0) is 13.4. The molecule has 0 aromatic rings. The maximum atomic E-state index is 11.6. The Labute approximate surface area is 109 Å². The molecule has 1 aliphatic rings. The Morgan fingerprint density at radius 2 is 2.11 bits per heavy atom. The van der Waals surface area contributed by atoms with Crippen LogP contribution >= 0.6 is 0 Å². The van der Waals surface area contributed by atoms with E-state index in [1.54, 1.807) is 14.2 Å². The Morgan fingerprint density at radius 3 is 2.67 bits per heavy atom. The molecule has 0 aromatic heterocycles. The lowest BCUT2D eigenvalue weighted by Crippen LogP contribution is -2.42. The highest BCUT2D eigenvalue weighted by Gasteiger charge is 2.27. The molecule has 0 spiro atoms. The zero-order valence-corrected chi connectivity index (χ0v) is 11.8. The lowest BCUT2D eigenvalue weighted by atomic mass is 10.5. The van der Waals surface area contributed by atoms with Gasteiger partial charge in [-0.3, -0.25) is 4.99 Å². The van der Waals surface area contributed by atoms with Crippen LogP contribution in [-0.2, 0) is 14.8 Å². The Kier molecular flexibility index (Phi) is 6.37. The van der Waals surface area contributed by atoms with E-state index in [1.165, 1.54) is 4.31 Å². The molecule has 0 aromatic carbocycles. The molecule has 1 heterocycles. The summed E-state index contributed by atoms with van der Waals surface area (Å²) in [5.74, 6) is 0.928. The molecule has 2 N–H and O–H groups in total. The third-order valence-corrected chi connectivity index (χ3v) is 4.64. The third kappa shape index (κ3) is 4.79. The fourth-order valence-electron chi connectivity index (χ4n) is 1.73. The van der Waals surface area contributed by atoms with Gasteiger partial charge in [0.25, 0.3) is 0 Å². The van der Waals surface area contributed by atoms with Gasteiger partial charge in [0, 0.05) is 40.3 Å². The molecule has 0 bridgehead atoms. The third-order valence-electron chi connectivity index (χ3n) is 2.68. The van der Waals surface area contributed by atoms with E-state index < -0.39 is 10.0 Å². The average molecular weight is 278 g/mol.